The molecule has 0 fully saturated rings. The number of ether oxygens (including phenoxy) is 2. The van der Waals surface area contributed by atoms with E-state index in [0.29, 0.717) is 38.1 Å². The summed E-state index contributed by atoms with van der Waals surface area (Å²) in [6, 6.07) is 20.8. The van der Waals surface area contributed by atoms with E-state index < -0.39 is 59.5 Å². The highest BCUT2D eigenvalue weighted by atomic mass is 32.2. The van der Waals surface area contributed by atoms with Gasteiger partial charge in [0.1, 0.15) is 11.5 Å². The Balaban J connectivity index is 0.000000258. The zero-order valence-corrected chi connectivity index (χ0v) is 41.1. The summed E-state index contributed by atoms with van der Waals surface area (Å²) in [5, 5.41) is 19.0. The number of hydrogen-bond donors (Lipinski definition) is 2. The maximum absolute atomic E-state index is 13.5. The number of thiophene rings is 2. The molecule has 0 saturated heterocycles. The number of rotatable bonds is 22. The molecular formula is C50H51F9O6S4. The van der Waals surface area contributed by atoms with Crippen LogP contribution in [0.3, 0.4) is 0 Å². The number of benzene rings is 4. The van der Waals surface area contributed by atoms with Gasteiger partial charge < -0.3 is 19.7 Å². The third kappa shape index (κ3) is 16.8. The van der Waals surface area contributed by atoms with Crippen molar-refractivity contribution in [3.05, 3.63) is 117 Å². The SMILES string of the molecule is CCCCC(CCSc1ccc(OCC(=O)O)c(C(F)(F)F)c1)c1cc2ccc(C(F)(F)F)cc2s1.CCCCC(CCSc1ccc(OCC(=O)O)c(C)c1)c1cc2ccc(C(F)(F)F)cc2s1. The standard InChI is InChI=1S/C25H24F6O3S2.C25H27F3O3S2/c1-2-3-4-15(21-11-16-5-6-17(24(26,27)28)12-22(16)36-21)9-10-35-18-7-8-20(34-14-23(32)33)19(13-18)25(29,30)31;1-3-4-5-17(22-13-18-6-7-19(25(26,27)28)14-23(18)33-22)10-11-32-20-8-9-21(16(2)12-20)31-15-24(29)30/h5-8,11-13,15H,2-4,9-10,14H2,1H3,(H,32,33);6-9,12-14,17H,3-5,10-11,15H2,1-2H3,(H,29,30). The highest BCUT2D eigenvalue weighted by molar-refractivity contribution is 7.99. The predicted molar refractivity (Wildman–Crippen MR) is 258 cm³/mol. The van der Waals surface area contributed by atoms with Crippen LogP contribution in [-0.2, 0) is 28.1 Å². The van der Waals surface area contributed by atoms with Crippen molar-refractivity contribution in [2.75, 3.05) is 24.7 Å². The normalized spacial score (nSPS) is 13.0. The number of carboxylic acid groups (broad SMARTS) is 2. The van der Waals surface area contributed by atoms with Crippen molar-refractivity contribution in [2.24, 2.45) is 0 Å². The third-order valence-corrected chi connectivity index (χ3v) is 15.5. The van der Waals surface area contributed by atoms with Gasteiger partial charge in [0.2, 0.25) is 0 Å². The molecule has 6 rings (SSSR count). The molecule has 374 valence electrons. The van der Waals surface area contributed by atoms with Crippen LogP contribution in [0.5, 0.6) is 11.5 Å². The summed E-state index contributed by atoms with van der Waals surface area (Å²) >= 11 is 5.75. The molecule has 2 aromatic heterocycles. The number of aryl methyl sites for hydroxylation is 1. The van der Waals surface area contributed by atoms with Crippen LogP contribution in [0.1, 0.15) is 109 Å². The molecule has 6 aromatic rings. The van der Waals surface area contributed by atoms with Crippen molar-refractivity contribution in [1.82, 2.24) is 0 Å². The van der Waals surface area contributed by atoms with Gasteiger partial charge >= 0.3 is 30.5 Å². The molecule has 2 heterocycles. The zero-order valence-electron chi connectivity index (χ0n) is 37.8. The molecule has 0 saturated carbocycles. The Kier molecular flexibility index (Phi) is 20.0. The third-order valence-electron chi connectivity index (χ3n) is 10.9. The van der Waals surface area contributed by atoms with Crippen LogP contribution in [-0.4, -0.2) is 46.9 Å². The summed E-state index contributed by atoms with van der Waals surface area (Å²) < 4.78 is 130. The Labute approximate surface area is 410 Å². The number of fused-ring (bicyclic) bond motifs is 2. The second-order valence-electron chi connectivity index (χ2n) is 16.2. The molecule has 0 bridgehead atoms. The Morgan fingerprint density at radius 3 is 1.41 bits per heavy atom. The summed E-state index contributed by atoms with van der Waals surface area (Å²) in [5.74, 6) is -0.608. The van der Waals surface area contributed by atoms with Crippen LogP contribution >= 0.6 is 46.2 Å². The zero-order chi connectivity index (χ0) is 50.5. The maximum atomic E-state index is 13.5. The van der Waals surface area contributed by atoms with E-state index in [-0.39, 0.29) is 12.5 Å². The van der Waals surface area contributed by atoms with E-state index in [1.165, 1.54) is 52.6 Å². The highest BCUT2D eigenvalue weighted by Crippen LogP contribution is 2.43. The lowest BCUT2D eigenvalue weighted by Crippen LogP contribution is -2.14. The molecule has 0 aliphatic carbocycles. The van der Waals surface area contributed by atoms with Crippen molar-refractivity contribution < 1.29 is 68.8 Å². The van der Waals surface area contributed by atoms with Gasteiger partial charge in [0, 0.05) is 28.9 Å². The number of thioether (sulfide) groups is 2. The average molecular weight is 1050 g/mol. The molecular weight excluding hydrogens is 996 g/mol. The number of unbranched alkanes of at least 4 members (excludes halogenated alkanes) is 2. The highest BCUT2D eigenvalue weighted by Gasteiger charge is 2.35. The lowest BCUT2D eigenvalue weighted by atomic mass is 9.97. The molecule has 0 amide bonds. The molecule has 2 unspecified atom stereocenters. The second-order valence-corrected chi connectivity index (χ2v) is 20.8. The first-order valence-electron chi connectivity index (χ1n) is 22.0. The van der Waals surface area contributed by atoms with E-state index in [0.717, 1.165) is 112 Å². The monoisotopic (exact) mass is 1050 g/mol. The van der Waals surface area contributed by atoms with E-state index >= 15 is 0 Å². The van der Waals surface area contributed by atoms with Gasteiger partial charge in [0.05, 0.1) is 16.7 Å². The minimum atomic E-state index is -4.71. The van der Waals surface area contributed by atoms with Crippen molar-refractivity contribution in [3.8, 4) is 11.5 Å². The van der Waals surface area contributed by atoms with Crippen LogP contribution in [0.2, 0.25) is 0 Å². The maximum Gasteiger partial charge on any atom is 0.420 e. The van der Waals surface area contributed by atoms with Gasteiger partial charge in [0.25, 0.3) is 0 Å². The van der Waals surface area contributed by atoms with Crippen LogP contribution in [0.4, 0.5) is 39.5 Å². The van der Waals surface area contributed by atoms with Crippen LogP contribution in [0, 0.1) is 6.92 Å². The van der Waals surface area contributed by atoms with Gasteiger partial charge in [0.15, 0.2) is 13.2 Å². The molecule has 6 nitrogen and oxygen atoms in total. The number of alkyl halides is 9. The predicted octanol–water partition coefficient (Wildman–Crippen LogP) is 17.0. The smallest absolute Gasteiger partial charge is 0.420 e. The number of aliphatic carboxylic acids is 2. The fourth-order valence-electron chi connectivity index (χ4n) is 7.35. The molecule has 2 N–H and O–H groups in total. The average Bonchev–Trinajstić information content (AvgIpc) is 3.91. The van der Waals surface area contributed by atoms with Crippen molar-refractivity contribution in [1.29, 1.82) is 0 Å². The molecule has 19 heteroatoms. The molecule has 0 aliphatic heterocycles. The van der Waals surface area contributed by atoms with Gasteiger partial charge in [-0.15, -0.1) is 46.2 Å². The van der Waals surface area contributed by atoms with Crippen molar-refractivity contribution in [2.45, 2.75) is 112 Å². The van der Waals surface area contributed by atoms with Crippen molar-refractivity contribution in [3.63, 3.8) is 0 Å². The van der Waals surface area contributed by atoms with E-state index in [1.807, 2.05) is 38.1 Å². The number of carbonyl (C=O) groups is 2. The lowest BCUT2D eigenvalue weighted by Gasteiger charge is -2.16. The first-order chi connectivity index (χ1) is 32.5. The molecule has 0 spiro atoms. The van der Waals surface area contributed by atoms with Gasteiger partial charge in [-0.1, -0.05) is 51.7 Å². The number of hydrogen-bond acceptors (Lipinski definition) is 8. The lowest BCUT2D eigenvalue weighted by molar-refractivity contribution is -0.143. The molecule has 0 radical (unpaired) electrons. The number of halogens is 9. The fourth-order valence-corrected chi connectivity index (χ4v) is 12.0. The van der Waals surface area contributed by atoms with Gasteiger partial charge in [-0.25, -0.2) is 9.59 Å². The van der Waals surface area contributed by atoms with Crippen LogP contribution < -0.4 is 9.47 Å². The van der Waals surface area contributed by atoms with Gasteiger partial charge in [-0.2, -0.15) is 39.5 Å². The van der Waals surface area contributed by atoms with Gasteiger partial charge in [-0.05, 0) is 145 Å². The summed E-state index contributed by atoms with van der Waals surface area (Å²) in [6.07, 6.45) is -6.03. The largest absolute Gasteiger partial charge is 0.482 e. The number of carboxylic acids is 2. The van der Waals surface area contributed by atoms with Crippen LogP contribution in [0.15, 0.2) is 94.7 Å². The quantitative estimate of drug-likeness (QED) is 0.0513. The summed E-state index contributed by atoms with van der Waals surface area (Å²) in [7, 11) is 0. The summed E-state index contributed by atoms with van der Waals surface area (Å²) in [5.41, 5.74) is -1.45. The molecule has 2 atom stereocenters. The summed E-state index contributed by atoms with van der Waals surface area (Å²) in [6.45, 7) is 4.82. The Morgan fingerprint density at radius 2 is 1.00 bits per heavy atom. The fraction of sp³-hybridized carbons (Fsp3) is 0.400. The van der Waals surface area contributed by atoms with E-state index in [4.69, 9.17) is 19.7 Å². The molecule has 4 aromatic carbocycles. The van der Waals surface area contributed by atoms with Gasteiger partial charge in [-0.3, -0.25) is 0 Å². The Hall–Kier alpha value is -4.59. The minimum Gasteiger partial charge on any atom is -0.482 e. The first-order valence-corrected chi connectivity index (χ1v) is 25.6. The first kappa shape index (κ1) is 55.3. The van der Waals surface area contributed by atoms with Crippen molar-refractivity contribution >= 4 is 78.3 Å². The van der Waals surface area contributed by atoms with E-state index in [1.54, 1.807) is 23.9 Å². The minimum absolute atomic E-state index is 0.0736. The Morgan fingerprint density at radius 1 is 0.565 bits per heavy atom. The Bertz CT molecular complexity index is 2640. The molecule has 69 heavy (non-hydrogen) atoms. The topological polar surface area (TPSA) is 93.1 Å². The summed E-state index contributed by atoms with van der Waals surface area (Å²) in [4.78, 5) is 24.9. The molecule has 0 aliphatic rings. The second kappa shape index (κ2) is 25.0. The van der Waals surface area contributed by atoms with E-state index in [2.05, 4.69) is 6.92 Å². The van der Waals surface area contributed by atoms with Crippen LogP contribution in [0.25, 0.3) is 20.2 Å². The van der Waals surface area contributed by atoms with E-state index in [9.17, 15) is 49.1 Å².